The summed E-state index contributed by atoms with van der Waals surface area (Å²) < 4.78 is 14.0. The predicted molar refractivity (Wildman–Crippen MR) is 101 cm³/mol. The highest BCUT2D eigenvalue weighted by Gasteiger charge is 2.54. The molecular weight excluding hydrogens is 369 g/mol. The number of carboxylic acids is 1. The third-order valence-corrected chi connectivity index (χ3v) is 5.30. The first-order valence-electron chi connectivity index (χ1n) is 8.64. The maximum atomic E-state index is 14.0. The zero-order valence-corrected chi connectivity index (χ0v) is 15.0. The number of benzene rings is 1. The van der Waals surface area contributed by atoms with E-state index < -0.39 is 23.2 Å². The number of allylic oxidation sites excluding steroid dienone is 2. The molecule has 4 rings (SSSR count). The molecule has 0 saturated heterocycles. The number of rotatable bonds is 5. The SMILES string of the molecule is O=C(O)C1(C2CC2)C=CC=CC1Nc1cnc(-c2cc(Cl)ccc2F)nc1. The fraction of sp³-hybridized carbons (Fsp3) is 0.250. The van der Waals surface area contributed by atoms with Crippen molar-refractivity contribution in [3.63, 3.8) is 0 Å². The van der Waals surface area contributed by atoms with Gasteiger partial charge in [-0.05, 0) is 37.0 Å². The van der Waals surface area contributed by atoms with Crippen molar-refractivity contribution in [3.05, 3.63) is 65.7 Å². The van der Waals surface area contributed by atoms with Crippen molar-refractivity contribution >= 4 is 23.3 Å². The van der Waals surface area contributed by atoms with Crippen molar-refractivity contribution in [2.75, 3.05) is 5.32 Å². The lowest BCUT2D eigenvalue weighted by atomic mass is 9.73. The third-order valence-electron chi connectivity index (χ3n) is 5.07. The van der Waals surface area contributed by atoms with Crippen LogP contribution < -0.4 is 5.32 Å². The van der Waals surface area contributed by atoms with Crippen molar-refractivity contribution in [2.45, 2.75) is 18.9 Å². The first-order chi connectivity index (χ1) is 13.0. The third kappa shape index (κ3) is 3.21. The molecule has 2 aromatic rings. The molecule has 0 bridgehead atoms. The minimum atomic E-state index is -0.980. The Bertz CT molecular complexity index is 941. The van der Waals surface area contributed by atoms with Gasteiger partial charge in [-0.3, -0.25) is 4.79 Å². The van der Waals surface area contributed by atoms with E-state index >= 15 is 0 Å². The summed E-state index contributed by atoms with van der Waals surface area (Å²) >= 11 is 5.92. The van der Waals surface area contributed by atoms with Gasteiger partial charge in [-0.25, -0.2) is 14.4 Å². The standard InChI is InChI=1S/C20H17ClFN3O2/c21-13-6-7-16(22)15(9-13)18-23-10-14(11-24-18)25-17-3-1-2-8-20(17,19(26)27)12-4-5-12/h1-3,6-12,17,25H,4-5H2,(H,26,27). The van der Waals surface area contributed by atoms with Crippen molar-refractivity contribution in [1.82, 2.24) is 9.97 Å². The van der Waals surface area contributed by atoms with Gasteiger partial charge in [-0.15, -0.1) is 0 Å². The van der Waals surface area contributed by atoms with Gasteiger partial charge in [0.2, 0.25) is 0 Å². The van der Waals surface area contributed by atoms with Gasteiger partial charge in [-0.1, -0.05) is 35.9 Å². The lowest BCUT2D eigenvalue weighted by molar-refractivity contribution is -0.147. The van der Waals surface area contributed by atoms with Crippen LogP contribution in [0.3, 0.4) is 0 Å². The van der Waals surface area contributed by atoms with Gasteiger partial charge in [0.15, 0.2) is 5.82 Å². The number of anilines is 1. The Labute approximate surface area is 160 Å². The zero-order valence-electron chi connectivity index (χ0n) is 14.3. The molecule has 7 heteroatoms. The molecule has 0 amide bonds. The molecule has 0 radical (unpaired) electrons. The van der Waals surface area contributed by atoms with Crippen LogP contribution in [0.15, 0.2) is 54.9 Å². The highest BCUT2D eigenvalue weighted by molar-refractivity contribution is 6.30. The minimum Gasteiger partial charge on any atom is -0.481 e. The van der Waals surface area contributed by atoms with Gasteiger partial charge >= 0.3 is 5.97 Å². The summed E-state index contributed by atoms with van der Waals surface area (Å²) in [6.45, 7) is 0. The fourth-order valence-electron chi connectivity index (χ4n) is 3.54. The highest BCUT2D eigenvalue weighted by atomic mass is 35.5. The molecule has 5 nitrogen and oxygen atoms in total. The largest absolute Gasteiger partial charge is 0.481 e. The van der Waals surface area contributed by atoms with Crippen LogP contribution in [0.1, 0.15) is 12.8 Å². The second-order valence-corrected chi connectivity index (χ2v) is 7.23. The summed E-state index contributed by atoms with van der Waals surface area (Å²) in [6.07, 6.45) is 12.1. The topological polar surface area (TPSA) is 75.1 Å². The molecule has 0 spiro atoms. The van der Waals surface area contributed by atoms with Crippen LogP contribution in [0.5, 0.6) is 0 Å². The number of aliphatic carboxylic acids is 1. The molecular formula is C20H17ClFN3O2. The lowest BCUT2D eigenvalue weighted by Crippen LogP contribution is -2.47. The van der Waals surface area contributed by atoms with E-state index in [2.05, 4.69) is 15.3 Å². The van der Waals surface area contributed by atoms with Crippen molar-refractivity contribution in [2.24, 2.45) is 11.3 Å². The van der Waals surface area contributed by atoms with E-state index in [0.29, 0.717) is 10.7 Å². The second-order valence-electron chi connectivity index (χ2n) is 6.80. The molecule has 138 valence electrons. The van der Waals surface area contributed by atoms with E-state index in [4.69, 9.17) is 11.6 Å². The van der Waals surface area contributed by atoms with Crippen molar-refractivity contribution < 1.29 is 14.3 Å². The summed E-state index contributed by atoms with van der Waals surface area (Å²) in [5, 5.41) is 13.5. The summed E-state index contributed by atoms with van der Waals surface area (Å²) in [5.74, 6) is -0.985. The normalized spacial score (nSPS) is 24.0. The fourth-order valence-corrected chi connectivity index (χ4v) is 3.71. The van der Waals surface area contributed by atoms with Crippen LogP contribution in [0.2, 0.25) is 5.02 Å². The Kier molecular flexibility index (Phi) is 4.44. The average molecular weight is 386 g/mol. The molecule has 2 aliphatic carbocycles. The first kappa shape index (κ1) is 17.7. The number of carbonyl (C=O) groups is 1. The number of halogens is 2. The lowest BCUT2D eigenvalue weighted by Gasteiger charge is -2.36. The molecule has 1 aromatic carbocycles. The van der Waals surface area contributed by atoms with Crippen molar-refractivity contribution in [3.8, 4) is 11.4 Å². The number of aromatic nitrogens is 2. The maximum Gasteiger partial charge on any atom is 0.316 e. The Balaban J connectivity index is 1.59. The molecule has 1 heterocycles. The number of hydrogen-bond acceptors (Lipinski definition) is 4. The van der Waals surface area contributed by atoms with Crippen LogP contribution in [0.25, 0.3) is 11.4 Å². The molecule has 1 saturated carbocycles. The van der Waals surface area contributed by atoms with E-state index in [9.17, 15) is 14.3 Å². The predicted octanol–water partition coefficient (Wildman–Crippen LogP) is 4.32. The van der Waals surface area contributed by atoms with Crippen LogP contribution >= 0.6 is 11.6 Å². The van der Waals surface area contributed by atoms with Gasteiger partial charge in [-0.2, -0.15) is 0 Å². The van der Waals surface area contributed by atoms with Crippen LogP contribution in [0, 0.1) is 17.2 Å². The number of hydrogen-bond donors (Lipinski definition) is 2. The van der Waals surface area contributed by atoms with Gasteiger partial charge < -0.3 is 10.4 Å². The van der Waals surface area contributed by atoms with Crippen LogP contribution in [-0.2, 0) is 4.79 Å². The molecule has 2 aliphatic rings. The molecule has 2 atom stereocenters. The van der Waals surface area contributed by atoms with E-state index in [-0.39, 0.29) is 17.3 Å². The van der Waals surface area contributed by atoms with Gasteiger partial charge in [0.05, 0.1) is 29.7 Å². The quantitative estimate of drug-likeness (QED) is 0.801. The summed E-state index contributed by atoms with van der Waals surface area (Å²) in [5.41, 5.74) is -0.197. The molecule has 0 aliphatic heterocycles. The van der Waals surface area contributed by atoms with E-state index in [1.54, 1.807) is 12.2 Å². The molecule has 2 unspecified atom stereocenters. The van der Waals surface area contributed by atoms with Gasteiger partial charge in [0.1, 0.15) is 11.2 Å². The van der Waals surface area contributed by atoms with E-state index in [1.165, 1.54) is 30.6 Å². The maximum absolute atomic E-state index is 14.0. The average Bonchev–Trinajstić information content (AvgIpc) is 3.50. The second kappa shape index (κ2) is 6.78. The molecule has 1 aromatic heterocycles. The molecule has 1 fully saturated rings. The van der Waals surface area contributed by atoms with Gasteiger partial charge in [0, 0.05) is 5.02 Å². The Morgan fingerprint density at radius 2 is 2.00 bits per heavy atom. The molecule has 27 heavy (non-hydrogen) atoms. The molecule has 2 N–H and O–H groups in total. The summed E-state index contributed by atoms with van der Waals surface area (Å²) in [7, 11) is 0. The Hall–Kier alpha value is -2.73. The first-order valence-corrected chi connectivity index (χ1v) is 9.02. The highest BCUT2D eigenvalue weighted by Crippen LogP contribution is 2.51. The monoisotopic (exact) mass is 385 g/mol. The van der Waals surface area contributed by atoms with Crippen LogP contribution in [0.4, 0.5) is 10.1 Å². The Morgan fingerprint density at radius 1 is 1.26 bits per heavy atom. The Morgan fingerprint density at radius 3 is 2.67 bits per heavy atom. The number of nitrogens with one attached hydrogen (secondary N) is 1. The van der Waals surface area contributed by atoms with E-state index in [0.717, 1.165) is 12.8 Å². The van der Waals surface area contributed by atoms with Crippen molar-refractivity contribution in [1.29, 1.82) is 0 Å². The zero-order chi connectivity index (χ0) is 19.0. The number of nitrogens with zero attached hydrogens (tertiary/aromatic N) is 2. The minimum absolute atomic E-state index is 0.106. The summed E-state index contributed by atoms with van der Waals surface area (Å²) in [4.78, 5) is 20.5. The van der Waals surface area contributed by atoms with E-state index in [1.807, 2.05) is 12.2 Å². The summed E-state index contributed by atoms with van der Waals surface area (Å²) in [6, 6.07) is 3.78. The number of carboxylic acid groups (broad SMARTS) is 1. The smallest absolute Gasteiger partial charge is 0.316 e. The van der Waals surface area contributed by atoms with Gasteiger partial charge in [0.25, 0.3) is 0 Å². The van der Waals surface area contributed by atoms with Crippen LogP contribution in [-0.4, -0.2) is 27.1 Å².